The molecular formula is C22H23FN4O4. The molecule has 4 rings (SSSR count). The summed E-state index contributed by atoms with van der Waals surface area (Å²) in [6.45, 7) is 5.12. The van der Waals surface area contributed by atoms with Crippen molar-refractivity contribution in [3.63, 3.8) is 0 Å². The predicted octanol–water partition coefficient (Wildman–Crippen LogP) is 3.94. The summed E-state index contributed by atoms with van der Waals surface area (Å²) in [6.07, 6.45) is 1.72. The number of morpholine rings is 1. The van der Waals surface area contributed by atoms with E-state index in [1.54, 1.807) is 35.0 Å². The molecule has 0 bridgehead atoms. The van der Waals surface area contributed by atoms with Crippen LogP contribution in [0.1, 0.15) is 13.8 Å². The standard InChI is InChI=1S/C22H23FN4O4/c1-14-11-26(12-15(2)31-14)21-5-3-17(10-19(21)23)24-22(28)13-25-8-7-16-9-18(27(29)30)4-6-20(16)25/h3-10,14-15H,11-13H2,1-2H3,(H,24,28). The molecule has 1 N–H and O–H groups in total. The summed E-state index contributed by atoms with van der Waals surface area (Å²) in [5, 5.41) is 14.3. The summed E-state index contributed by atoms with van der Waals surface area (Å²) in [6, 6.07) is 10.9. The summed E-state index contributed by atoms with van der Waals surface area (Å²) in [7, 11) is 0. The van der Waals surface area contributed by atoms with Gasteiger partial charge in [-0.25, -0.2) is 4.39 Å². The summed E-state index contributed by atoms with van der Waals surface area (Å²) in [5.41, 5.74) is 1.55. The number of ether oxygens (including phenoxy) is 1. The molecule has 1 aliphatic heterocycles. The van der Waals surface area contributed by atoms with Gasteiger partial charge in [-0.2, -0.15) is 0 Å². The second-order valence-electron chi connectivity index (χ2n) is 7.82. The number of fused-ring (bicyclic) bond motifs is 1. The molecule has 1 amide bonds. The highest BCUT2D eigenvalue weighted by molar-refractivity contribution is 5.92. The van der Waals surface area contributed by atoms with Crippen LogP contribution in [0.2, 0.25) is 0 Å². The molecule has 2 atom stereocenters. The Morgan fingerprint density at radius 3 is 2.61 bits per heavy atom. The highest BCUT2D eigenvalue weighted by Gasteiger charge is 2.24. The average Bonchev–Trinajstić information content (AvgIpc) is 3.09. The van der Waals surface area contributed by atoms with Crippen molar-refractivity contribution in [2.45, 2.75) is 32.6 Å². The number of benzene rings is 2. The van der Waals surface area contributed by atoms with E-state index < -0.39 is 10.7 Å². The smallest absolute Gasteiger partial charge is 0.270 e. The number of anilines is 2. The quantitative estimate of drug-likeness (QED) is 0.493. The number of non-ortho nitro benzene ring substituents is 1. The Hall–Kier alpha value is -3.46. The first kappa shape index (κ1) is 20.8. The minimum Gasteiger partial charge on any atom is -0.372 e. The summed E-state index contributed by atoms with van der Waals surface area (Å²) in [4.78, 5) is 24.9. The lowest BCUT2D eigenvalue weighted by Crippen LogP contribution is -2.45. The molecule has 8 nitrogen and oxygen atoms in total. The second-order valence-corrected chi connectivity index (χ2v) is 7.82. The second kappa shape index (κ2) is 8.35. The number of nitrogens with one attached hydrogen (secondary N) is 1. The van der Waals surface area contributed by atoms with Gasteiger partial charge < -0.3 is 19.5 Å². The van der Waals surface area contributed by atoms with Gasteiger partial charge in [0.15, 0.2) is 0 Å². The van der Waals surface area contributed by atoms with Crippen molar-refractivity contribution in [3.05, 3.63) is 64.6 Å². The van der Waals surface area contributed by atoms with E-state index in [9.17, 15) is 19.3 Å². The third-order valence-corrected chi connectivity index (χ3v) is 5.27. The molecule has 2 heterocycles. The molecule has 0 spiro atoms. The number of carbonyl (C=O) groups excluding carboxylic acids is 1. The molecule has 1 aliphatic rings. The van der Waals surface area contributed by atoms with Gasteiger partial charge in [0.1, 0.15) is 12.4 Å². The van der Waals surface area contributed by atoms with Crippen LogP contribution in [0.15, 0.2) is 48.7 Å². The van der Waals surface area contributed by atoms with E-state index in [1.807, 2.05) is 18.7 Å². The van der Waals surface area contributed by atoms with Crippen LogP contribution in [0.25, 0.3) is 10.9 Å². The van der Waals surface area contributed by atoms with Gasteiger partial charge in [0.05, 0.1) is 22.8 Å². The van der Waals surface area contributed by atoms with Crippen molar-refractivity contribution >= 4 is 33.9 Å². The average molecular weight is 426 g/mol. The van der Waals surface area contributed by atoms with Crippen LogP contribution in [-0.2, 0) is 16.1 Å². The maximum Gasteiger partial charge on any atom is 0.270 e. The van der Waals surface area contributed by atoms with Crippen LogP contribution in [-0.4, -0.2) is 40.7 Å². The molecule has 1 aromatic heterocycles. The fourth-order valence-electron chi connectivity index (χ4n) is 4.01. The normalized spacial score (nSPS) is 18.9. The van der Waals surface area contributed by atoms with Gasteiger partial charge in [0, 0.05) is 48.0 Å². The Morgan fingerprint density at radius 2 is 1.94 bits per heavy atom. The van der Waals surface area contributed by atoms with Crippen molar-refractivity contribution in [2.75, 3.05) is 23.3 Å². The highest BCUT2D eigenvalue weighted by Crippen LogP contribution is 2.26. The van der Waals surface area contributed by atoms with Crippen LogP contribution in [0.5, 0.6) is 0 Å². The number of carbonyl (C=O) groups is 1. The summed E-state index contributed by atoms with van der Waals surface area (Å²) >= 11 is 0. The number of amides is 1. The molecule has 3 aromatic rings. The van der Waals surface area contributed by atoms with Crippen molar-refractivity contribution in [1.29, 1.82) is 0 Å². The molecule has 0 aliphatic carbocycles. The van der Waals surface area contributed by atoms with E-state index in [1.165, 1.54) is 18.2 Å². The fraction of sp³-hybridized carbons (Fsp3) is 0.318. The molecule has 2 aromatic carbocycles. The van der Waals surface area contributed by atoms with E-state index in [4.69, 9.17) is 4.74 Å². The third kappa shape index (κ3) is 4.51. The number of aromatic nitrogens is 1. The van der Waals surface area contributed by atoms with Crippen LogP contribution in [0.3, 0.4) is 0 Å². The first-order valence-corrected chi connectivity index (χ1v) is 10.0. The van der Waals surface area contributed by atoms with E-state index in [0.29, 0.717) is 35.4 Å². The lowest BCUT2D eigenvalue weighted by atomic mass is 10.2. The minimum absolute atomic E-state index is 0.00315. The number of rotatable bonds is 5. The molecule has 2 unspecified atom stereocenters. The minimum atomic E-state index is -0.458. The Bertz CT molecular complexity index is 1140. The molecule has 9 heteroatoms. The number of nitro benzene ring substituents is 1. The fourth-order valence-corrected chi connectivity index (χ4v) is 4.01. The Balaban J connectivity index is 1.45. The van der Waals surface area contributed by atoms with Crippen LogP contribution in [0, 0.1) is 15.9 Å². The number of nitrogens with zero attached hydrogens (tertiary/aromatic N) is 3. The molecule has 0 radical (unpaired) electrons. The monoisotopic (exact) mass is 426 g/mol. The van der Waals surface area contributed by atoms with Crippen molar-refractivity contribution < 1.29 is 18.8 Å². The van der Waals surface area contributed by atoms with Gasteiger partial charge in [-0.15, -0.1) is 0 Å². The number of hydrogen-bond donors (Lipinski definition) is 1. The van der Waals surface area contributed by atoms with Crippen molar-refractivity contribution in [3.8, 4) is 0 Å². The first-order valence-electron chi connectivity index (χ1n) is 10.0. The van der Waals surface area contributed by atoms with E-state index in [-0.39, 0.29) is 30.3 Å². The molecule has 0 saturated carbocycles. The predicted molar refractivity (Wildman–Crippen MR) is 116 cm³/mol. The van der Waals surface area contributed by atoms with Crippen molar-refractivity contribution in [2.24, 2.45) is 0 Å². The number of hydrogen-bond acceptors (Lipinski definition) is 5. The van der Waals surface area contributed by atoms with Crippen LogP contribution >= 0.6 is 0 Å². The van der Waals surface area contributed by atoms with E-state index in [2.05, 4.69) is 5.32 Å². The molecular weight excluding hydrogens is 403 g/mol. The van der Waals surface area contributed by atoms with Gasteiger partial charge in [-0.05, 0) is 44.2 Å². The third-order valence-electron chi connectivity index (χ3n) is 5.27. The largest absolute Gasteiger partial charge is 0.372 e. The SMILES string of the molecule is CC1CN(c2ccc(NC(=O)Cn3ccc4cc([N+](=O)[O-])ccc43)cc2F)CC(C)O1. The zero-order valence-electron chi connectivity index (χ0n) is 17.2. The number of halogens is 1. The van der Waals surface area contributed by atoms with Gasteiger partial charge >= 0.3 is 0 Å². The first-order chi connectivity index (χ1) is 14.8. The summed E-state index contributed by atoms with van der Waals surface area (Å²) in [5.74, 6) is -0.727. The van der Waals surface area contributed by atoms with Crippen LogP contribution in [0.4, 0.5) is 21.5 Å². The van der Waals surface area contributed by atoms with Crippen molar-refractivity contribution in [1.82, 2.24) is 4.57 Å². The molecule has 1 saturated heterocycles. The molecule has 1 fully saturated rings. The Morgan fingerprint density at radius 1 is 1.19 bits per heavy atom. The Kier molecular flexibility index (Phi) is 5.60. The topological polar surface area (TPSA) is 89.6 Å². The van der Waals surface area contributed by atoms with Gasteiger partial charge in [-0.3, -0.25) is 14.9 Å². The maximum absolute atomic E-state index is 14.7. The molecule has 31 heavy (non-hydrogen) atoms. The van der Waals surface area contributed by atoms with Crippen LogP contribution < -0.4 is 10.2 Å². The van der Waals surface area contributed by atoms with E-state index >= 15 is 0 Å². The molecule has 162 valence electrons. The Labute approximate surface area is 178 Å². The maximum atomic E-state index is 14.7. The highest BCUT2D eigenvalue weighted by atomic mass is 19.1. The zero-order valence-corrected chi connectivity index (χ0v) is 17.2. The summed E-state index contributed by atoms with van der Waals surface area (Å²) < 4.78 is 22.1. The van der Waals surface area contributed by atoms with Gasteiger partial charge in [0.25, 0.3) is 5.69 Å². The zero-order chi connectivity index (χ0) is 22.1. The van der Waals surface area contributed by atoms with E-state index in [0.717, 1.165) is 0 Å². The lowest BCUT2D eigenvalue weighted by Gasteiger charge is -2.37. The van der Waals surface area contributed by atoms with Gasteiger partial charge in [-0.1, -0.05) is 0 Å². The van der Waals surface area contributed by atoms with Gasteiger partial charge in [0.2, 0.25) is 5.91 Å². The lowest BCUT2D eigenvalue weighted by molar-refractivity contribution is -0.384. The number of nitro groups is 1.